The molecule has 9 nitrogen and oxygen atoms in total. The van der Waals surface area contributed by atoms with Gasteiger partial charge in [0, 0.05) is 55.3 Å². The molecule has 0 amide bonds. The third kappa shape index (κ3) is 30.5. The van der Waals surface area contributed by atoms with Gasteiger partial charge < -0.3 is 9.80 Å². The third-order valence-corrected chi connectivity index (χ3v) is 7.64. The van der Waals surface area contributed by atoms with Crippen molar-refractivity contribution in [3.8, 4) is 0 Å². The van der Waals surface area contributed by atoms with Crippen LogP contribution in [-0.2, 0) is 0 Å². The Kier molecular flexibility index (Phi) is 28.2. The molecule has 1 aromatic carbocycles. The number of aryl methyl sites for hydroxylation is 6. The lowest BCUT2D eigenvalue weighted by Gasteiger charge is -2.20. The SMILES string of the molecule is CN1CCCC1.CN1CCCCC1.Cc1ccccc1.Cc1ccccn1.Cc1cccnc1.Cc1ccncc1.Cc1cn[nH]c1.Cc1cncnc1. The average molecular weight is 732 g/mol. The Hall–Kier alpha value is -5.12. The molecule has 5 aromatic heterocycles. The maximum Gasteiger partial charge on any atom is 0.115 e. The smallest absolute Gasteiger partial charge is 0.115 e. The van der Waals surface area contributed by atoms with E-state index in [0.717, 1.165) is 11.3 Å². The summed E-state index contributed by atoms with van der Waals surface area (Å²) in [6.45, 7) is 17.3. The molecule has 0 saturated carbocycles. The van der Waals surface area contributed by atoms with E-state index in [1.807, 2.05) is 108 Å². The van der Waals surface area contributed by atoms with Gasteiger partial charge in [0.15, 0.2) is 0 Å². The highest BCUT2D eigenvalue weighted by atomic mass is 15.1. The minimum absolute atomic E-state index is 1.07. The molecule has 6 aromatic rings. The second-order valence-electron chi connectivity index (χ2n) is 13.2. The monoisotopic (exact) mass is 732 g/mol. The van der Waals surface area contributed by atoms with Crippen LogP contribution in [0.3, 0.4) is 0 Å². The predicted octanol–water partition coefficient (Wildman–Crippen LogP) is 9.48. The Morgan fingerprint density at radius 1 is 0.444 bits per heavy atom. The molecule has 7 heterocycles. The van der Waals surface area contributed by atoms with E-state index in [-0.39, 0.29) is 0 Å². The first-order valence-electron chi connectivity index (χ1n) is 18.8. The second-order valence-corrected chi connectivity index (χ2v) is 13.2. The number of likely N-dealkylation sites (tertiary alicyclic amines) is 2. The molecule has 0 atom stereocenters. The maximum atomic E-state index is 3.98. The van der Waals surface area contributed by atoms with Crippen LogP contribution < -0.4 is 0 Å². The largest absolute Gasteiger partial charge is 0.306 e. The maximum absolute atomic E-state index is 3.98. The summed E-state index contributed by atoms with van der Waals surface area (Å²) < 4.78 is 0. The van der Waals surface area contributed by atoms with Crippen LogP contribution in [0.2, 0.25) is 0 Å². The summed E-state index contributed by atoms with van der Waals surface area (Å²) in [5.74, 6) is 0. The van der Waals surface area contributed by atoms with E-state index < -0.39 is 0 Å². The van der Waals surface area contributed by atoms with Crippen molar-refractivity contribution in [1.82, 2.24) is 44.9 Å². The van der Waals surface area contributed by atoms with E-state index >= 15 is 0 Å². The van der Waals surface area contributed by atoms with E-state index in [4.69, 9.17) is 0 Å². The van der Waals surface area contributed by atoms with E-state index in [2.05, 4.69) is 78.1 Å². The van der Waals surface area contributed by atoms with Gasteiger partial charge in [0.1, 0.15) is 6.33 Å². The predicted molar refractivity (Wildman–Crippen MR) is 226 cm³/mol. The molecule has 290 valence electrons. The zero-order valence-electron chi connectivity index (χ0n) is 34.1. The summed E-state index contributed by atoms with van der Waals surface area (Å²) in [7, 11) is 4.37. The first-order valence-corrected chi connectivity index (χ1v) is 18.8. The van der Waals surface area contributed by atoms with Crippen molar-refractivity contribution in [2.45, 2.75) is 73.6 Å². The first-order chi connectivity index (χ1) is 26.2. The Bertz CT molecular complexity index is 1380. The topological polar surface area (TPSA) is 99.6 Å². The molecule has 2 saturated heterocycles. The summed E-state index contributed by atoms with van der Waals surface area (Å²) in [6.07, 6.45) is 24.8. The quantitative estimate of drug-likeness (QED) is 0.165. The Morgan fingerprint density at radius 2 is 0.981 bits per heavy atom. The van der Waals surface area contributed by atoms with E-state index in [9.17, 15) is 0 Å². The lowest BCUT2D eigenvalue weighted by Crippen LogP contribution is -2.24. The number of hydrogen-bond donors (Lipinski definition) is 1. The zero-order chi connectivity index (χ0) is 39.5. The van der Waals surface area contributed by atoms with Gasteiger partial charge in [-0.15, -0.1) is 0 Å². The Balaban J connectivity index is 0.000000309. The Morgan fingerprint density at radius 3 is 1.22 bits per heavy atom. The van der Waals surface area contributed by atoms with Crippen LogP contribution >= 0.6 is 0 Å². The van der Waals surface area contributed by atoms with Crippen LogP contribution in [0.5, 0.6) is 0 Å². The highest BCUT2D eigenvalue weighted by molar-refractivity contribution is 5.11. The first kappa shape index (κ1) is 46.9. The number of piperidine rings is 1. The number of pyridine rings is 3. The van der Waals surface area contributed by atoms with Gasteiger partial charge in [0.05, 0.1) is 6.20 Å². The number of H-pyrrole nitrogens is 1. The van der Waals surface area contributed by atoms with Crippen molar-refractivity contribution in [2.24, 2.45) is 0 Å². The number of hydrogen-bond acceptors (Lipinski definition) is 8. The van der Waals surface area contributed by atoms with E-state index in [1.54, 1.807) is 43.4 Å². The van der Waals surface area contributed by atoms with Gasteiger partial charge in [-0.2, -0.15) is 5.10 Å². The summed E-state index contributed by atoms with van der Waals surface area (Å²) in [5, 5.41) is 6.38. The molecule has 2 aliphatic rings. The van der Waals surface area contributed by atoms with Crippen molar-refractivity contribution < 1.29 is 0 Å². The number of benzene rings is 1. The van der Waals surface area contributed by atoms with Crippen LogP contribution in [0.25, 0.3) is 0 Å². The lowest BCUT2D eigenvalue weighted by atomic mass is 10.1. The Labute approximate surface area is 326 Å². The molecule has 0 radical (unpaired) electrons. The molecular formula is C45H65N9. The van der Waals surface area contributed by atoms with Gasteiger partial charge in [-0.3, -0.25) is 20.1 Å². The molecule has 2 aliphatic heterocycles. The summed E-state index contributed by atoms with van der Waals surface area (Å²) in [6, 6.07) is 24.0. The molecular weight excluding hydrogens is 667 g/mol. The van der Waals surface area contributed by atoms with Gasteiger partial charge in [-0.1, -0.05) is 54.4 Å². The highest BCUT2D eigenvalue weighted by Crippen LogP contribution is 2.05. The van der Waals surface area contributed by atoms with Gasteiger partial charge >= 0.3 is 0 Å². The fourth-order valence-corrected chi connectivity index (χ4v) is 4.47. The van der Waals surface area contributed by atoms with Gasteiger partial charge in [0.25, 0.3) is 0 Å². The molecule has 8 rings (SSSR count). The molecule has 1 N–H and O–H groups in total. The van der Waals surface area contributed by atoms with Crippen LogP contribution in [0, 0.1) is 41.5 Å². The number of aromatic nitrogens is 7. The molecule has 0 spiro atoms. The number of aromatic amines is 1. The molecule has 54 heavy (non-hydrogen) atoms. The number of nitrogens with one attached hydrogen (secondary N) is 1. The second kappa shape index (κ2) is 32.5. The van der Waals surface area contributed by atoms with Crippen molar-refractivity contribution in [1.29, 1.82) is 0 Å². The van der Waals surface area contributed by atoms with Crippen molar-refractivity contribution >= 4 is 0 Å². The van der Waals surface area contributed by atoms with E-state index in [0.29, 0.717) is 0 Å². The normalized spacial score (nSPS) is 12.7. The molecule has 9 heteroatoms. The van der Waals surface area contributed by atoms with E-state index in [1.165, 1.54) is 86.9 Å². The fourth-order valence-electron chi connectivity index (χ4n) is 4.47. The van der Waals surface area contributed by atoms with Crippen LogP contribution in [0.4, 0.5) is 0 Å². The van der Waals surface area contributed by atoms with Crippen LogP contribution in [0.1, 0.15) is 65.6 Å². The van der Waals surface area contributed by atoms with Gasteiger partial charge in [-0.05, 0) is 160 Å². The van der Waals surface area contributed by atoms with Crippen molar-refractivity contribution in [3.63, 3.8) is 0 Å². The molecule has 0 unspecified atom stereocenters. The molecule has 0 bridgehead atoms. The van der Waals surface area contributed by atoms with Gasteiger partial charge in [-0.25, -0.2) is 9.97 Å². The van der Waals surface area contributed by atoms with Crippen molar-refractivity contribution in [3.05, 3.63) is 168 Å². The molecule has 2 fully saturated rings. The van der Waals surface area contributed by atoms with Crippen LogP contribution in [0.15, 0.2) is 135 Å². The fraction of sp³-hybridized carbons (Fsp3) is 0.378. The van der Waals surface area contributed by atoms with Crippen molar-refractivity contribution in [2.75, 3.05) is 40.3 Å². The average Bonchev–Trinajstić information content (AvgIpc) is 3.89. The third-order valence-electron chi connectivity index (χ3n) is 7.64. The minimum Gasteiger partial charge on any atom is -0.306 e. The highest BCUT2D eigenvalue weighted by Gasteiger charge is 2.03. The number of rotatable bonds is 0. The molecule has 0 aliphatic carbocycles. The summed E-state index contributed by atoms with van der Waals surface area (Å²) in [4.78, 5) is 24.0. The van der Waals surface area contributed by atoms with Gasteiger partial charge in [0.2, 0.25) is 0 Å². The van der Waals surface area contributed by atoms with Crippen LogP contribution in [-0.4, -0.2) is 85.2 Å². The zero-order valence-corrected chi connectivity index (χ0v) is 34.1. The lowest BCUT2D eigenvalue weighted by molar-refractivity contribution is 0.277. The standard InChI is InChI=1S/C7H8.2C6H7N.C6H13N.C6H7N.C5H6N2.C5H11N.C4H6N2/c1-7-5-3-2-4-6-7;1-6-2-4-7-5-3-6;1-6-3-2-4-7-5-6;1-7-5-3-2-4-6-7;1-6-4-2-3-5-7-6;1-5-2-6-4-7-3-5;1-6-4-2-3-5-6;1-4-2-5-6-3-4/h2-6H,1H3;2*2-5H,1H3;2-6H2,1H3;2-5H,1H3;2-4H,1H3;2-5H2,1H3;2-3H,1H3,(H,5,6). The number of nitrogens with zero attached hydrogens (tertiary/aromatic N) is 8. The summed E-state index contributed by atoms with van der Waals surface area (Å²) in [5.41, 5.74) is 7.14. The minimum atomic E-state index is 1.07. The summed E-state index contributed by atoms with van der Waals surface area (Å²) >= 11 is 0.